The summed E-state index contributed by atoms with van der Waals surface area (Å²) in [6.45, 7) is 2.46. The molecule has 0 aliphatic carbocycles. The molecule has 0 atom stereocenters. The third kappa shape index (κ3) is 3.20. The van der Waals surface area contributed by atoms with Crippen LogP contribution in [0.5, 0.6) is 5.75 Å². The first-order chi connectivity index (χ1) is 12.5. The van der Waals surface area contributed by atoms with E-state index >= 15 is 0 Å². The quantitative estimate of drug-likeness (QED) is 0.672. The van der Waals surface area contributed by atoms with Crippen molar-refractivity contribution in [2.45, 2.75) is 24.9 Å². The number of hydrogen-bond acceptors (Lipinski definition) is 3. The first-order valence-corrected chi connectivity index (χ1v) is 9.04. The van der Waals surface area contributed by atoms with Crippen LogP contribution in [0.25, 0.3) is 10.9 Å². The molecule has 0 amide bonds. The molecule has 0 bridgehead atoms. The number of H-pyrrole nitrogens is 1. The third-order valence-electron chi connectivity index (χ3n) is 5.53. The normalized spacial score (nSPS) is 17.6. The number of fused-ring (bicyclic) bond motifs is 1. The van der Waals surface area contributed by atoms with E-state index in [9.17, 15) is 14.6 Å². The molecule has 1 saturated heterocycles. The van der Waals surface area contributed by atoms with Crippen molar-refractivity contribution in [3.63, 3.8) is 0 Å². The average molecular weight is 354 g/mol. The molecule has 0 radical (unpaired) electrons. The molecule has 2 heterocycles. The molecule has 5 heteroatoms. The first kappa shape index (κ1) is 17.1. The zero-order chi connectivity index (χ0) is 18.1. The van der Waals surface area contributed by atoms with Crippen LogP contribution in [0.15, 0.2) is 48.7 Å². The lowest BCUT2D eigenvalue weighted by molar-refractivity contribution is -0.0256. The Morgan fingerprint density at radius 1 is 1.08 bits per heavy atom. The number of aromatic amines is 1. The van der Waals surface area contributed by atoms with Gasteiger partial charge in [-0.1, -0.05) is 18.2 Å². The first-order valence-electron chi connectivity index (χ1n) is 9.04. The van der Waals surface area contributed by atoms with Crippen LogP contribution in [0.1, 0.15) is 24.0 Å². The summed E-state index contributed by atoms with van der Waals surface area (Å²) in [5.74, 6) is 0.0276. The molecule has 0 unspecified atom stereocenters. The van der Waals surface area contributed by atoms with Crippen molar-refractivity contribution < 1.29 is 14.6 Å². The summed E-state index contributed by atoms with van der Waals surface area (Å²) in [6.07, 6.45) is 4.07. The fourth-order valence-corrected chi connectivity index (χ4v) is 3.91. The van der Waals surface area contributed by atoms with Crippen molar-refractivity contribution in [3.8, 4) is 5.75 Å². The van der Waals surface area contributed by atoms with Crippen LogP contribution in [0, 0.1) is 5.82 Å². The van der Waals surface area contributed by atoms with Gasteiger partial charge in [-0.3, -0.25) is 0 Å². The second kappa shape index (κ2) is 6.74. The van der Waals surface area contributed by atoms with E-state index in [2.05, 4.69) is 9.88 Å². The van der Waals surface area contributed by atoms with Crippen LogP contribution in [0.2, 0.25) is 0 Å². The maximum Gasteiger partial charge on any atom is 0.125 e. The van der Waals surface area contributed by atoms with Crippen LogP contribution >= 0.6 is 0 Å². The Balaban J connectivity index is 1.39. The lowest BCUT2D eigenvalue weighted by Gasteiger charge is -2.38. The van der Waals surface area contributed by atoms with Gasteiger partial charge in [0.25, 0.3) is 0 Å². The van der Waals surface area contributed by atoms with Crippen molar-refractivity contribution in [2.75, 3.05) is 19.6 Å². The number of halogens is 1. The number of aromatic nitrogens is 1. The van der Waals surface area contributed by atoms with E-state index in [1.165, 1.54) is 12.1 Å². The Morgan fingerprint density at radius 2 is 1.81 bits per heavy atom. The highest BCUT2D eigenvalue weighted by molar-refractivity contribution is 5.88. The van der Waals surface area contributed by atoms with Crippen LogP contribution < -0.4 is 0 Å². The van der Waals surface area contributed by atoms with Crippen LogP contribution in [0.4, 0.5) is 4.39 Å². The predicted molar refractivity (Wildman–Crippen MR) is 99.6 cm³/mol. The van der Waals surface area contributed by atoms with Crippen LogP contribution in [-0.4, -0.2) is 39.7 Å². The fraction of sp³-hybridized carbons (Fsp3) is 0.333. The number of nitrogens with one attached hydrogen (secondary N) is 1. The van der Waals surface area contributed by atoms with Crippen molar-refractivity contribution in [1.29, 1.82) is 0 Å². The summed E-state index contributed by atoms with van der Waals surface area (Å²) >= 11 is 0. The van der Waals surface area contributed by atoms with E-state index in [-0.39, 0.29) is 5.82 Å². The summed E-state index contributed by atoms with van der Waals surface area (Å²) in [6, 6.07) is 11.7. The van der Waals surface area contributed by atoms with Gasteiger partial charge in [-0.15, -0.1) is 0 Å². The predicted octanol–water partition coefficient (Wildman–Crippen LogP) is 3.54. The minimum atomic E-state index is -0.872. The molecule has 0 saturated carbocycles. The maximum atomic E-state index is 13.1. The fourth-order valence-electron chi connectivity index (χ4n) is 3.91. The molecule has 1 aliphatic rings. The molecule has 136 valence electrons. The van der Waals surface area contributed by atoms with Crippen molar-refractivity contribution >= 4 is 10.9 Å². The number of aromatic hydroxyl groups is 1. The SMILES string of the molecule is Oc1cccc2[nH]cc(CCN3CCC(O)(c4ccc(F)cc4)CC3)c12. The van der Waals surface area contributed by atoms with Crippen molar-refractivity contribution in [2.24, 2.45) is 0 Å². The standard InChI is InChI=1S/C21H23FN2O2/c22-17-6-4-16(5-7-17)21(26)9-12-24(13-10-21)11-8-15-14-23-18-2-1-3-19(25)20(15)18/h1-7,14,23,25-26H,8-13H2. The molecule has 0 spiro atoms. The minimum absolute atomic E-state index is 0.281. The highest BCUT2D eigenvalue weighted by Crippen LogP contribution is 2.33. The van der Waals surface area contributed by atoms with Crippen LogP contribution in [-0.2, 0) is 12.0 Å². The summed E-state index contributed by atoms with van der Waals surface area (Å²) in [5, 5.41) is 21.9. The number of phenols is 1. The van der Waals surface area contributed by atoms with Gasteiger partial charge in [0, 0.05) is 36.7 Å². The molecule has 1 aromatic heterocycles. The highest BCUT2D eigenvalue weighted by atomic mass is 19.1. The largest absolute Gasteiger partial charge is 0.507 e. The van der Waals surface area contributed by atoms with E-state index in [0.29, 0.717) is 18.6 Å². The van der Waals surface area contributed by atoms with Gasteiger partial charge in [-0.05, 0) is 54.7 Å². The Labute approximate surface area is 151 Å². The van der Waals surface area contributed by atoms with Crippen LogP contribution in [0.3, 0.4) is 0 Å². The molecule has 26 heavy (non-hydrogen) atoms. The number of benzene rings is 2. The second-order valence-corrected chi connectivity index (χ2v) is 7.14. The van der Waals surface area contributed by atoms with E-state index in [4.69, 9.17) is 0 Å². The second-order valence-electron chi connectivity index (χ2n) is 7.14. The summed E-state index contributed by atoms with van der Waals surface area (Å²) in [4.78, 5) is 5.54. The third-order valence-corrected chi connectivity index (χ3v) is 5.53. The number of hydrogen-bond donors (Lipinski definition) is 3. The Morgan fingerprint density at radius 3 is 2.54 bits per heavy atom. The van der Waals surface area contributed by atoms with E-state index < -0.39 is 5.60 Å². The van der Waals surface area contributed by atoms with Crippen molar-refractivity contribution in [3.05, 3.63) is 65.6 Å². The molecule has 1 fully saturated rings. The monoisotopic (exact) mass is 354 g/mol. The lowest BCUT2D eigenvalue weighted by atomic mass is 9.84. The molecule has 1 aliphatic heterocycles. The Hall–Kier alpha value is -2.37. The molecule has 2 aromatic carbocycles. The number of aliphatic hydroxyl groups is 1. The zero-order valence-electron chi connectivity index (χ0n) is 14.6. The van der Waals surface area contributed by atoms with Gasteiger partial charge in [0.2, 0.25) is 0 Å². The minimum Gasteiger partial charge on any atom is -0.507 e. The topological polar surface area (TPSA) is 59.5 Å². The molecule has 3 N–H and O–H groups in total. The molecular formula is C21H23FN2O2. The molecule has 4 rings (SSSR count). The number of likely N-dealkylation sites (tertiary alicyclic amines) is 1. The Bertz CT molecular complexity index is 896. The lowest BCUT2D eigenvalue weighted by Crippen LogP contribution is -2.43. The summed E-state index contributed by atoms with van der Waals surface area (Å²) in [5.41, 5.74) is 1.98. The summed E-state index contributed by atoms with van der Waals surface area (Å²) < 4.78 is 13.1. The molecular weight excluding hydrogens is 331 g/mol. The van der Waals surface area contributed by atoms with Gasteiger partial charge in [0.1, 0.15) is 11.6 Å². The highest BCUT2D eigenvalue weighted by Gasteiger charge is 2.33. The smallest absolute Gasteiger partial charge is 0.125 e. The molecule has 3 aromatic rings. The van der Waals surface area contributed by atoms with Gasteiger partial charge in [0.05, 0.1) is 5.60 Å². The van der Waals surface area contributed by atoms with Gasteiger partial charge in [0.15, 0.2) is 0 Å². The van der Waals surface area contributed by atoms with E-state index in [1.807, 2.05) is 18.3 Å². The average Bonchev–Trinajstić information content (AvgIpc) is 3.06. The van der Waals surface area contributed by atoms with Crippen molar-refractivity contribution in [1.82, 2.24) is 9.88 Å². The van der Waals surface area contributed by atoms with E-state index in [1.54, 1.807) is 18.2 Å². The maximum absolute atomic E-state index is 13.1. The van der Waals surface area contributed by atoms with Gasteiger partial charge in [-0.2, -0.15) is 0 Å². The Kier molecular flexibility index (Phi) is 4.42. The van der Waals surface area contributed by atoms with Gasteiger partial charge in [-0.25, -0.2) is 4.39 Å². The number of rotatable bonds is 4. The number of phenolic OH excluding ortho intramolecular Hbond substituents is 1. The summed E-state index contributed by atoms with van der Waals surface area (Å²) in [7, 11) is 0. The van der Waals surface area contributed by atoms with Gasteiger partial charge >= 0.3 is 0 Å². The zero-order valence-corrected chi connectivity index (χ0v) is 14.6. The molecule has 4 nitrogen and oxygen atoms in total. The van der Waals surface area contributed by atoms with Gasteiger partial charge < -0.3 is 20.1 Å². The van der Waals surface area contributed by atoms with E-state index in [0.717, 1.165) is 48.1 Å². The number of piperidine rings is 1. The number of nitrogens with zero attached hydrogens (tertiary/aromatic N) is 1.